The zero-order valence-electron chi connectivity index (χ0n) is 6.70. The lowest BCUT2D eigenvalue weighted by molar-refractivity contribution is -0.152. The average Bonchev–Trinajstić information content (AvgIpc) is 2.31. The Morgan fingerprint density at radius 2 is 2.45 bits per heavy atom. The summed E-state index contributed by atoms with van der Waals surface area (Å²) in [5.74, 6) is -0.375. The number of rotatable bonds is 2. The minimum Gasteiger partial charge on any atom is -0.449 e. The van der Waals surface area contributed by atoms with E-state index in [1.807, 2.05) is 6.92 Å². The van der Waals surface area contributed by atoms with Gasteiger partial charge >= 0.3 is 5.97 Å². The summed E-state index contributed by atoms with van der Waals surface area (Å²) in [6, 6.07) is 0. The van der Waals surface area contributed by atoms with Gasteiger partial charge in [0.15, 0.2) is 5.60 Å². The van der Waals surface area contributed by atoms with E-state index in [2.05, 4.69) is 0 Å². The molecule has 0 fully saturated rings. The van der Waals surface area contributed by atoms with Gasteiger partial charge in [0.1, 0.15) is 0 Å². The second-order valence-electron chi connectivity index (χ2n) is 2.86. The molecule has 0 saturated heterocycles. The van der Waals surface area contributed by atoms with Gasteiger partial charge in [-0.3, -0.25) is 0 Å². The number of hydrogen-bond acceptors (Lipinski definition) is 3. The zero-order chi connectivity index (χ0) is 8.48. The molecule has 0 spiro atoms. The first-order chi connectivity index (χ1) is 5.08. The second kappa shape index (κ2) is 2.66. The standard InChI is InChI=1S/C8H12O3/c1-3-6(9)8(2)5-4-7(10)11-8/h4-6,9H,3H2,1-2H3/t6-,8-/m1/s1. The Kier molecular flexibility index (Phi) is 2.00. The van der Waals surface area contributed by atoms with E-state index in [0.717, 1.165) is 0 Å². The summed E-state index contributed by atoms with van der Waals surface area (Å²) in [6.07, 6.45) is 2.92. The van der Waals surface area contributed by atoms with Crippen LogP contribution in [0.1, 0.15) is 20.3 Å². The largest absolute Gasteiger partial charge is 0.449 e. The number of aliphatic hydroxyl groups excluding tert-OH is 1. The van der Waals surface area contributed by atoms with Crippen LogP contribution in [0.5, 0.6) is 0 Å². The molecule has 1 rings (SSSR count). The van der Waals surface area contributed by atoms with Crippen molar-refractivity contribution >= 4 is 5.97 Å². The van der Waals surface area contributed by atoms with Gasteiger partial charge in [-0.05, 0) is 19.4 Å². The van der Waals surface area contributed by atoms with Crippen LogP contribution < -0.4 is 0 Å². The highest BCUT2D eigenvalue weighted by Crippen LogP contribution is 2.24. The monoisotopic (exact) mass is 156 g/mol. The van der Waals surface area contributed by atoms with Crippen LogP contribution in [-0.4, -0.2) is 22.8 Å². The van der Waals surface area contributed by atoms with E-state index < -0.39 is 11.7 Å². The van der Waals surface area contributed by atoms with E-state index in [4.69, 9.17) is 4.74 Å². The molecule has 62 valence electrons. The quantitative estimate of drug-likeness (QED) is 0.596. The fourth-order valence-corrected chi connectivity index (χ4v) is 1.10. The third kappa shape index (κ3) is 1.43. The maximum absolute atomic E-state index is 10.7. The number of carbonyl (C=O) groups is 1. The molecular formula is C8H12O3. The molecule has 3 heteroatoms. The van der Waals surface area contributed by atoms with E-state index in [1.54, 1.807) is 13.0 Å². The highest BCUT2D eigenvalue weighted by molar-refractivity contribution is 5.85. The predicted molar refractivity (Wildman–Crippen MR) is 39.9 cm³/mol. The first-order valence-corrected chi connectivity index (χ1v) is 3.69. The van der Waals surface area contributed by atoms with Crippen LogP contribution in [-0.2, 0) is 9.53 Å². The average molecular weight is 156 g/mol. The van der Waals surface area contributed by atoms with Gasteiger partial charge in [0.2, 0.25) is 0 Å². The summed E-state index contributed by atoms with van der Waals surface area (Å²) >= 11 is 0. The van der Waals surface area contributed by atoms with Gasteiger partial charge < -0.3 is 9.84 Å². The van der Waals surface area contributed by atoms with E-state index >= 15 is 0 Å². The molecule has 2 atom stereocenters. The number of cyclic esters (lactones) is 1. The Balaban J connectivity index is 2.70. The minimum absolute atomic E-state index is 0.375. The van der Waals surface area contributed by atoms with Crippen molar-refractivity contribution in [1.82, 2.24) is 0 Å². The van der Waals surface area contributed by atoms with Crippen LogP contribution in [0.15, 0.2) is 12.2 Å². The Morgan fingerprint density at radius 1 is 1.82 bits per heavy atom. The molecule has 0 aliphatic carbocycles. The molecular weight excluding hydrogens is 144 g/mol. The van der Waals surface area contributed by atoms with Crippen molar-refractivity contribution in [3.63, 3.8) is 0 Å². The maximum Gasteiger partial charge on any atom is 0.331 e. The molecule has 1 aliphatic heterocycles. The zero-order valence-corrected chi connectivity index (χ0v) is 6.70. The van der Waals surface area contributed by atoms with Gasteiger partial charge in [0, 0.05) is 6.08 Å². The summed E-state index contributed by atoms with van der Waals surface area (Å²) in [4.78, 5) is 10.7. The Hall–Kier alpha value is -0.830. The van der Waals surface area contributed by atoms with Gasteiger partial charge in [-0.15, -0.1) is 0 Å². The molecule has 1 aliphatic rings. The molecule has 3 nitrogen and oxygen atoms in total. The van der Waals surface area contributed by atoms with E-state index in [0.29, 0.717) is 6.42 Å². The highest BCUT2D eigenvalue weighted by Gasteiger charge is 2.36. The van der Waals surface area contributed by atoms with Gasteiger partial charge in [0.05, 0.1) is 6.10 Å². The molecule has 1 N–H and O–H groups in total. The van der Waals surface area contributed by atoms with Gasteiger partial charge in [-0.25, -0.2) is 4.79 Å². The van der Waals surface area contributed by atoms with Crippen molar-refractivity contribution in [2.75, 3.05) is 0 Å². The molecule has 1 heterocycles. The van der Waals surface area contributed by atoms with Crippen LogP contribution in [0.2, 0.25) is 0 Å². The van der Waals surface area contributed by atoms with Crippen molar-refractivity contribution in [1.29, 1.82) is 0 Å². The number of hydrogen-bond donors (Lipinski definition) is 1. The minimum atomic E-state index is -0.800. The van der Waals surface area contributed by atoms with Crippen LogP contribution in [0.25, 0.3) is 0 Å². The SMILES string of the molecule is CC[C@@H](O)[C@@]1(C)C=CC(=O)O1. The third-order valence-corrected chi connectivity index (χ3v) is 1.92. The number of carbonyl (C=O) groups excluding carboxylic acids is 1. The summed E-state index contributed by atoms with van der Waals surface area (Å²) < 4.78 is 4.90. The van der Waals surface area contributed by atoms with Crippen LogP contribution in [0, 0.1) is 0 Å². The third-order valence-electron chi connectivity index (χ3n) is 1.92. The lowest BCUT2D eigenvalue weighted by Crippen LogP contribution is -2.38. The first-order valence-electron chi connectivity index (χ1n) is 3.69. The van der Waals surface area contributed by atoms with Crippen molar-refractivity contribution in [3.05, 3.63) is 12.2 Å². The van der Waals surface area contributed by atoms with Crippen LogP contribution >= 0.6 is 0 Å². The number of ether oxygens (including phenoxy) is 1. The lowest BCUT2D eigenvalue weighted by atomic mass is 9.98. The molecule has 0 bridgehead atoms. The van der Waals surface area contributed by atoms with Crippen LogP contribution in [0.4, 0.5) is 0 Å². The molecule has 0 unspecified atom stereocenters. The molecule has 0 amide bonds. The van der Waals surface area contributed by atoms with Gasteiger partial charge in [0.25, 0.3) is 0 Å². The molecule has 11 heavy (non-hydrogen) atoms. The van der Waals surface area contributed by atoms with Crippen molar-refractivity contribution in [3.8, 4) is 0 Å². The topological polar surface area (TPSA) is 46.5 Å². The highest BCUT2D eigenvalue weighted by atomic mass is 16.6. The Labute approximate surface area is 65.7 Å². The normalized spacial score (nSPS) is 32.1. The fourth-order valence-electron chi connectivity index (χ4n) is 1.10. The molecule has 0 aromatic heterocycles. The van der Waals surface area contributed by atoms with Crippen LogP contribution in [0.3, 0.4) is 0 Å². The first kappa shape index (κ1) is 8.27. The smallest absolute Gasteiger partial charge is 0.331 e. The molecule has 0 aromatic carbocycles. The van der Waals surface area contributed by atoms with Crippen molar-refractivity contribution < 1.29 is 14.6 Å². The van der Waals surface area contributed by atoms with E-state index in [-0.39, 0.29) is 5.97 Å². The molecule has 0 saturated carbocycles. The van der Waals surface area contributed by atoms with E-state index in [9.17, 15) is 9.90 Å². The van der Waals surface area contributed by atoms with Gasteiger partial charge in [-0.1, -0.05) is 6.92 Å². The number of aliphatic hydroxyl groups is 1. The summed E-state index contributed by atoms with van der Waals surface area (Å²) in [5.41, 5.74) is -0.800. The second-order valence-corrected chi connectivity index (χ2v) is 2.86. The lowest BCUT2D eigenvalue weighted by Gasteiger charge is -2.26. The maximum atomic E-state index is 10.7. The summed E-state index contributed by atoms with van der Waals surface area (Å²) in [6.45, 7) is 3.54. The predicted octanol–water partition coefficient (Wildman–Crippen LogP) is 0.629. The fraction of sp³-hybridized carbons (Fsp3) is 0.625. The van der Waals surface area contributed by atoms with Crippen molar-refractivity contribution in [2.24, 2.45) is 0 Å². The Bertz CT molecular complexity index is 198. The summed E-state index contributed by atoms with van der Waals surface area (Å²) in [7, 11) is 0. The molecule has 0 aromatic rings. The number of esters is 1. The molecule has 0 radical (unpaired) electrons. The van der Waals surface area contributed by atoms with Crippen molar-refractivity contribution in [2.45, 2.75) is 32.0 Å². The van der Waals surface area contributed by atoms with E-state index in [1.165, 1.54) is 6.08 Å². The van der Waals surface area contributed by atoms with Gasteiger partial charge in [-0.2, -0.15) is 0 Å². The Morgan fingerprint density at radius 3 is 2.82 bits per heavy atom. The summed E-state index contributed by atoms with van der Waals surface area (Å²) in [5, 5.41) is 9.41.